The van der Waals surface area contributed by atoms with Gasteiger partial charge in [0, 0.05) is 4.75 Å². The van der Waals surface area contributed by atoms with Crippen molar-refractivity contribution >= 4 is 25.3 Å². The third-order valence-corrected chi connectivity index (χ3v) is 9.59. The minimum Gasteiger partial charge on any atom is -0.183 e. The van der Waals surface area contributed by atoms with Gasteiger partial charge in [-0.3, -0.25) is 0 Å². The highest BCUT2D eigenvalue weighted by atomic mass is 32.1. The first-order chi connectivity index (χ1) is 13.5. The smallest absolute Gasteiger partial charge is 0.0189 e. The van der Waals surface area contributed by atoms with E-state index in [0.29, 0.717) is 15.6 Å². The van der Waals surface area contributed by atoms with Crippen LogP contribution < -0.4 is 0 Å². The van der Waals surface area contributed by atoms with E-state index in [0.717, 1.165) is 17.8 Å². The SMILES string of the molecule is CC.CC.CC.CC12CCCC1(C)C1CCC3CCCCC3(S)C1CC2.CS. The van der Waals surface area contributed by atoms with Gasteiger partial charge in [-0.15, -0.1) is 0 Å². The molecule has 0 aromatic rings. The summed E-state index contributed by atoms with van der Waals surface area (Å²) in [5.41, 5.74) is 1.29. The molecule has 0 aromatic heterocycles. The van der Waals surface area contributed by atoms with Gasteiger partial charge in [0.05, 0.1) is 0 Å². The van der Waals surface area contributed by atoms with Gasteiger partial charge in [0.1, 0.15) is 0 Å². The second-order valence-electron chi connectivity index (χ2n) is 9.09. The highest BCUT2D eigenvalue weighted by Gasteiger charge is 2.62. The molecular formula is C26H54S2. The molecular weight excluding hydrogens is 376 g/mol. The topological polar surface area (TPSA) is 0 Å². The molecule has 4 aliphatic carbocycles. The molecule has 0 aliphatic heterocycles. The van der Waals surface area contributed by atoms with E-state index in [1.54, 1.807) is 6.26 Å². The van der Waals surface area contributed by atoms with Gasteiger partial charge in [0.2, 0.25) is 0 Å². The summed E-state index contributed by atoms with van der Waals surface area (Å²) in [6.45, 7) is 17.3. The summed E-state index contributed by atoms with van der Waals surface area (Å²) in [5, 5.41) is 0. The first kappa shape index (κ1) is 28.7. The van der Waals surface area contributed by atoms with Gasteiger partial charge in [-0.1, -0.05) is 74.7 Å². The Bertz CT molecular complexity index is 409. The Hall–Kier alpha value is 0.700. The Morgan fingerprint density at radius 3 is 1.82 bits per heavy atom. The molecule has 0 nitrogen and oxygen atoms in total. The van der Waals surface area contributed by atoms with Gasteiger partial charge < -0.3 is 0 Å². The molecule has 4 aliphatic rings. The van der Waals surface area contributed by atoms with Crippen LogP contribution >= 0.6 is 25.3 Å². The van der Waals surface area contributed by atoms with Crippen LogP contribution in [0.3, 0.4) is 0 Å². The normalized spacial score (nSPS) is 42.8. The van der Waals surface area contributed by atoms with Gasteiger partial charge in [-0.2, -0.15) is 25.3 Å². The zero-order valence-electron chi connectivity index (χ0n) is 20.9. The number of hydrogen-bond donors (Lipinski definition) is 2. The summed E-state index contributed by atoms with van der Waals surface area (Å²) in [5.74, 6) is 2.85. The summed E-state index contributed by atoms with van der Waals surface area (Å²) in [7, 11) is 0. The number of hydrogen-bond acceptors (Lipinski definition) is 2. The Balaban J connectivity index is 0.000000818. The third-order valence-electron chi connectivity index (χ3n) is 8.67. The zero-order chi connectivity index (χ0) is 22.0. The minimum absolute atomic E-state index is 0.411. The third kappa shape index (κ3) is 5.12. The first-order valence-electron chi connectivity index (χ1n) is 12.7. The molecule has 2 heteroatoms. The Morgan fingerprint density at radius 2 is 1.21 bits per heavy atom. The van der Waals surface area contributed by atoms with Crippen LogP contribution in [-0.4, -0.2) is 11.0 Å². The maximum atomic E-state index is 5.39. The second kappa shape index (κ2) is 13.2. The highest BCUT2D eigenvalue weighted by molar-refractivity contribution is 7.81. The van der Waals surface area contributed by atoms with Gasteiger partial charge in [-0.25, -0.2) is 0 Å². The monoisotopic (exact) mass is 430 g/mol. The average molecular weight is 431 g/mol. The van der Waals surface area contributed by atoms with Crippen molar-refractivity contribution < 1.29 is 0 Å². The first-order valence-corrected chi connectivity index (χ1v) is 14.0. The van der Waals surface area contributed by atoms with Crippen molar-refractivity contribution in [3.05, 3.63) is 0 Å². The molecule has 0 amide bonds. The zero-order valence-corrected chi connectivity index (χ0v) is 22.7. The predicted octanol–water partition coefficient (Wildman–Crippen LogP) is 9.49. The molecule has 6 atom stereocenters. The Morgan fingerprint density at radius 1 is 0.607 bits per heavy atom. The fraction of sp³-hybridized carbons (Fsp3) is 1.00. The fourth-order valence-electron chi connectivity index (χ4n) is 7.23. The molecule has 0 radical (unpaired) electrons. The summed E-state index contributed by atoms with van der Waals surface area (Å²) >= 11 is 8.92. The van der Waals surface area contributed by atoms with Crippen LogP contribution in [0.4, 0.5) is 0 Å². The molecule has 170 valence electrons. The molecule has 0 bridgehead atoms. The highest BCUT2D eigenvalue weighted by Crippen LogP contribution is 2.70. The average Bonchev–Trinajstić information content (AvgIpc) is 3.08. The molecule has 0 heterocycles. The fourth-order valence-corrected chi connectivity index (χ4v) is 7.96. The van der Waals surface area contributed by atoms with Crippen LogP contribution in [0.25, 0.3) is 0 Å². The van der Waals surface area contributed by atoms with E-state index in [1.165, 1.54) is 70.6 Å². The summed E-state index contributed by atoms with van der Waals surface area (Å²) in [6, 6.07) is 0. The molecule has 6 unspecified atom stereocenters. The van der Waals surface area contributed by atoms with Gasteiger partial charge in [-0.05, 0) is 86.2 Å². The summed E-state index contributed by atoms with van der Waals surface area (Å²) in [6.07, 6.45) is 17.9. The summed E-state index contributed by atoms with van der Waals surface area (Å²) in [4.78, 5) is 0. The standard InChI is InChI=1S/C19H32S.3C2H6.CH4S/c1-17-10-5-11-18(17,2)15-8-7-14-6-3-4-12-19(14,20)16(15)9-13-17;4*1-2/h14-16,20H,3-13H2,1-2H3;3*1-2H3;2H,1H3. The quantitative estimate of drug-likeness (QED) is 0.351. The number of fused-ring (bicyclic) bond motifs is 5. The number of thiol groups is 2. The Labute approximate surface area is 190 Å². The maximum Gasteiger partial charge on any atom is 0.0189 e. The predicted molar refractivity (Wildman–Crippen MR) is 138 cm³/mol. The van der Waals surface area contributed by atoms with Crippen molar-refractivity contribution in [2.75, 3.05) is 6.26 Å². The lowest BCUT2D eigenvalue weighted by Crippen LogP contribution is -2.58. The maximum absolute atomic E-state index is 5.39. The van der Waals surface area contributed by atoms with Gasteiger partial charge >= 0.3 is 0 Å². The van der Waals surface area contributed by atoms with Crippen LogP contribution in [-0.2, 0) is 0 Å². The molecule has 0 aromatic carbocycles. The Kier molecular flexibility index (Phi) is 13.5. The molecule has 0 spiro atoms. The van der Waals surface area contributed by atoms with Crippen molar-refractivity contribution in [1.82, 2.24) is 0 Å². The van der Waals surface area contributed by atoms with Gasteiger partial charge in [0.25, 0.3) is 0 Å². The second-order valence-corrected chi connectivity index (χ2v) is 9.93. The lowest BCUT2D eigenvalue weighted by molar-refractivity contribution is -0.0942. The van der Waals surface area contributed by atoms with Crippen molar-refractivity contribution in [3.8, 4) is 0 Å². The summed E-state index contributed by atoms with van der Waals surface area (Å²) < 4.78 is 0.411. The van der Waals surface area contributed by atoms with Crippen LogP contribution in [0.1, 0.15) is 126 Å². The van der Waals surface area contributed by atoms with E-state index in [9.17, 15) is 0 Å². The van der Waals surface area contributed by atoms with Gasteiger partial charge in [0.15, 0.2) is 0 Å². The molecule has 4 rings (SSSR count). The van der Waals surface area contributed by atoms with E-state index >= 15 is 0 Å². The van der Waals surface area contributed by atoms with Crippen molar-refractivity contribution in [1.29, 1.82) is 0 Å². The van der Waals surface area contributed by atoms with E-state index in [4.69, 9.17) is 12.6 Å². The molecule has 0 saturated heterocycles. The molecule has 28 heavy (non-hydrogen) atoms. The lowest BCUT2D eigenvalue weighted by Gasteiger charge is -2.63. The number of rotatable bonds is 0. The van der Waals surface area contributed by atoms with E-state index in [2.05, 4.69) is 26.5 Å². The largest absolute Gasteiger partial charge is 0.183 e. The lowest BCUT2D eigenvalue weighted by atomic mass is 9.45. The molecule has 0 N–H and O–H groups in total. The van der Waals surface area contributed by atoms with Crippen LogP contribution in [0.5, 0.6) is 0 Å². The van der Waals surface area contributed by atoms with Crippen LogP contribution in [0.15, 0.2) is 0 Å². The van der Waals surface area contributed by atoms with Crippen LogP contribution in [0.2, 0.25) is 0 Å². The van der Waals surface area contributed by atoms with Crippen molar-refractivity contribution in [2.24, 2.45) is 28.6 Å². The van der Waals surface area contributed by atoms with Crippen LogP contribution in [0, 0.1) is 28.6 Å². The van der Waals surface area contributed by atoms with E-state index in [1.807, 2.05) is 41.5 Å². The molecule has 4 saturated carbocycles. The van der Waals surface area contributed by atoms with E-state index < -0.39 is 0 Å². The molecule has 4 fully saturated rings. The minimum atomic E-state index is 0.411. The van der Waals surface area contributed by atoms with Crippen molar-refractivity contribution in [2.45, 2.75) is 131 Å². The van der Waals surface area contributed by atoms with Crippen molar-refractivity contribution in [3.63, 3.8) is 0 Å². The van der Waals surface area contributed by atoms with E-state index in [-0.39, 0.29) is 0 Å².